The molecule has 2 atom stereocenters. The number of methoxy groups -OCH3 is 1. The Morgan fingerprint density at radius 2 is 2.08 bits per heavy atom. The van der Waals surface area contributed by atoms with Crippen LogP contribution in [0, 0.1) is 11.7 Å². The van der Waals surface area contributed by atoms with Gasteiger partial charge in [0.2, 0.25) is 0 Å². The summed E-state index contributed by atoms with van der Waals surface area (Å²) < 4.78 is 19.6. The van der Waals surface area contributed by atoms with Crippen LogP contribution in [-0.2, 0) is 6.42 Å². The van der Waals surface area contributed by atoms with E-state index >= 15 is 0 Å². The standard InChI is InChI=1S/C21H31FN2O/c1-5-6-7-15(2)8-9-16(3)23-13-12-17-14-24-18-10-11-19(25-4)21(22)20(17)18/h8-11,14-16,23-24H,5-7,12-13H2,1-4H3/b9-8-. The van der Waals surface area contributed by atoms with Crippen molar-refractivity contribution in [2.75, 3.05) is 13.7 Å². The van der Waals surface area contributed by atoms with Crippen LogP contribution in [-0.4, -0.2) is 24.7 Å². The van der Waals surface area contributed by atoms with Gasteiger partial charge in [0.25, 0.3) is 0 Å². The third-order valence-corrected chi connectivity index (χ3v) is 4.65. The Kier molecular flexibility index (Phi) is 7.51. The van der Waals surface area contributed by atoms with Crippen molar-refractivity contribution in [1.82, 2.24) is 10.3 Å². The second kappa shape index (κ2) is 9.62. The lowest BCUT2D eigenvalue weighted by Crippen LogP contribution is -2.26. The summed E-state index contributed by atoms with van der Waals surface area (Å²) in [7, 11) is 1.49. The molecule has 2 N–H and O–H groups in total. The number of hydrogen-bond acceptors (Lipinski definition) is 2. The van der Waals surface area contributed by atoms with E-state index in [0.29, 0.717) is 23.1 Å². The molecule has 1 heterocycles. The van der Waals surface area contributed by atoms with Crippen LogP contribution in [0.2, 0.25) is 0 Å². The molecular formula is C21H31FN2O. The monoisotopic (exact) mass is 346 g/mol. The fourth-order valence-electron chi connectivity index (χ4n) is 3.06. The van der Waals surface area contributed by atoms with E-state index in [-0.39, 0.29) is 5.82 Å². The smallest absolute Gasteiger partial charge is 0.174 e. The maximum Gasteiger partial charge on any atom is 0.174 e. The number of H-pyrrole nitrogens is 1. The molecule has 25 heavy (non-hydrogen) atoms. The van der Waals surface area contributed by atoms with E-state index in [9.17, 15) is 4.39 Å². The lowest BCUT2D eigenvalue weighted by atomic mass is 10.0. The largest absolute Gasteiger partial charge is 0.494 e. The summed E-state index contributed by atoms with van der Waals surface area (Å²) in [5, 5.41) is 4.13. The molecule has 0 aliphatic heterocycles. The van der Waals surface area contributed by atoms with Crippen LogP contribution in [0.4, 0.5) is 4.39 Å². The van der Waals surface area contributed by atoms with Crippen molar-refractivity contribution in [1.29, 1.82) is 0 Å². The van der Waals surface area contributed by atoms with Crippen LogP contribution in [0.25, 0.3) is 10.9 Å². The number of halogens is 1. The number of aromatic amines is 1. The van der Waals surface area contributed by atoms with E-state index < -0.39 is 0 Å². The van der Waals surface area contributed by atoms with Gasteiger partial charge in [0.15, 0.2) is 11.6 Å². The van der Waals surface area contributed by atoms with Gasteiger partial charge in [-0.3, -0.25) is 0 Å². The Balaban J connectivity index is 1.89. The van der Waals surface area contributed by atoms with E-state index in [4.69, 9.17) is 4.74 Å². The lowest BCUT2D eigenvalue weighted by molar-refractivity contribution is 0.389. The predicted octanol–water partition coefficient (Wildman–Crippen LogP) is 5.22. The molecule has 0 bridgehead atoms. The second-order valence-electron chi connectivity index (χ2n) is 6.82. The first-order chi connectivity index (χ1) is 12.1. The number of allylic oxidation sites excluding steroid dienone is 1. The molecule has 0 radical (unpaired) electrons. The summed E-state index contributed by atoms with van der Waals surface area (Å²) in [6, 6.07) is 3.83. The number of nitrogens with one attached hydrogen (secondary N) is 2. The summed E-state index contributed by atoms with van der Waals surface area (Å²) in [6.07, 6.45) is 11.0. The first-order valence-corrected chi connectivity index (χ1v) is 9.31. The average Bonchev–Trinajstić information content (AvgIpc) is 3.02. The average molecular weight is 346 g/mol. The summed E-state index contributed by atoms with van der Waals surface area (Å²) in [5.74, 6) is 0.631. The van der Waals surface area contributed by atoms with Crippen LogP contribution >= 0.6 is 0 Å². The van der Waals surface area contributed by atoms with Gasteiger partial charge in [-0.2, -0.15) is 0 Å². The minimum absolute atomic E-state index is 0.283. The number of aromatic nitrogens is 1. The minimum Gasteiger partial charge on any atom is -0.494 e. The first kappa shape index (κ1) is 19.5. The topological polar surface area (TPSA) is 37.0 Å². The zero-order valence-corrected chi connectivity index (χ0v) is 15.9. The second-order valence-corrected chi connectivity index (χ2v) is 6.82. The maximum atomic E-state index is 14.5. The van der Waals surface area contributed by atoms with Gasteiger partial charge in [-0.25, -0.2) is 4.39 Å². The number of fused-ring (bicyclic) bond motifs is 1. The Morgan fingerprint density at radius 1 is 1.28 bits per heavy atom. The molecule has 2 unspecified atom stereocenters. The number of ether oxygens (including phenoxy) is 1. The molecule has 0 spiro atoms. The molecule has 0 saturated carbocycles. The highest BCUT2D eigenvalue weighted by atomic mass is 19.1. The van der Waals surface area contributed by atoms with E-state index in [1.807, 2.05) is 12.3 Å². The molecule has 0 amide bonds. The van der Waals surface area contributed by atoms with Gasteiger partial charge in [0.05, 0.1) is 7.11 Å². The van der Waals surface area contributed by atoms with Gasteiger partial charge in [-0.15, -0.1) is 0 Å². The van der Waals surface area contributed by atoms with Gasteiger partial charge in [-0.1, -0.05) is 38.8 Å². The van der Waals surface area contributed by atoms with Crippen molar-refractivity contribution >= 4 is 10.9 Å². The van der Waals surface area contributed by atoms with Crippen LogP contribution in [0.5, 0.6) is 5.75 Å². The minimum atomic E-state index is -0.283. The SMILES string of the molecule is CCCCC(C)/C=C\C(C)NCCc1c[nH]c2ccc(OC)c(F)c12. The molecule has 4 heteroatoms. The summed E-state index contributed by atoms with van der Waals surface area (Å²) in [5.41, 5.74) is 1.79. The zero-order chi connectivity index (χ0) is 18.2. The third-order valence-electron chi connectivity index (χ3n) is 4.65. The number of unbranched alkanes of at least 4 members (excludes halogenated alkanes) is 1. The molecule has 0 aliphatic rings. The lowest BCUT2D eigenvalue weighted by Gasteiger charge is -2.11. The highest BCUT2D eigenvalue weighted by Gasteiger charge is 2.13. The summed E-state index contributed by atoms with van der Waals surface area (Å²) in [6.45, 7) is 7.45. The fourth-order valence-corrected chi connectivity index (χ4v) is 3.06. The van der Waals surface area contributed by atoms with Gasteiger partial charge in [0, 0.05) is 23.1 Å². The van der Waals surface area contributed by atoms with Crippen molar-refractivity contribution < 1.29 is 9.13 Å². The number of rotatable bonds is 10. The Hall–Kier alpha value is -1.81. The van der Waals surface area contributed by atoms with E-state index in [0.717, 1.165) is 24.0 Å². The van der Waals surface area contributed by atoms with E-state index in [1.54, 1.807) is 6.07 Å². The highest BCUT2D eigenvalue weighted by molar-refractivity contribution is 5.85. The Morgan fingerprint density at radius 3 is 2.80 bits per heavy atom. The van der Waals surface area contributed by atoms with E-state index in [2.05, 4.69) is 43.2 Å². The molecule has 0 fully saturated rings. The molecule has 138 valence electrons. The predicted molar refractivity (Wildman–Crippen MR) is 104 cm³/mol. The highest BCUT2D eigenvalue weighted by Crippen LogP contribution is 2.28. The fraction of sp³-hybridized carbons (Fsp3) is 0.524. The Labute approximate surface area is 150 Å². The van der Waals surface area contributed by atoms with Crippen LogP contribution in [0.1, 0.15) is 45.6 Å². The maximum absolute atomic E-state index is 14.5. The molecule has 2 rings (SSSR count). The molecular weight excluding hydrogens is 315 g/mol. The van der Waals surface area contributed by atoms with Gasteiger partial charge >= 0.3 is 0 Å². The van der Waals surface area contributed by atoms with Crippen LogP contribution in [0.3, 0.4) is 0 Å². The van der Waals surface area contributed by atoms with Gasteiger partial charge < -0.3 is 15.0 Å². The quantitative estimate of drug-likeness (QED) is 0.579. The third kappa shape index (κ3) is 5.33. The van der Waals surface area contributed by atoms with Gasteiger partial charge in [-0.05, 0) is 49.9 Å². The molecule has 1 aromatic heterocycles. The normalized spacial score (nSPS) is 14.3. The van der Waals surface area contributed by atoms with Crippen molar-refractivity contribution in [2.24, 2.45) is 5.92 Å². The summed E-state index contributed by atoms with van der Waals surface area (Å²) >= 11 is 0. The van der Waals surface area contributed by atoms with Crippen molar-refractivity contribution in [3.05, 3.63) is 41.9 Å². The number of hydrogen-bond donors (Lipinski definition) is 2. The van der Waals surface area contributed by atoms with Crippen molar-refractivity contribution in [3.8, 4) is 5.75 Å². The zero-order valence-electron chi connectivity index (χ0n) is 15.9. The first-order valence-electron chi connectivity index (χ1n) is 9.31. The van der Waals surface area contributed by atoms with E-state index in [1.165, 1.54) is 26.4 Å². The molecule has 3 nitrogen and oxygen atoms in total. The van der Waals surface area contributed by atoms with Crippen LogP contribution in [0.15, 0.2) is 30.5 Å². The Bertz CT molecular complexity index is 693. The molecule has 0 saturated heterocycles. The number of benzene rings is 1. The van der Waals surface area contributed by atoms with Gasteiger partial charge in [0.1, 0.15) is 0 Å². The molecule has 2 aromatic rings. The molecule has 1 aromatic carbocycles. The van der Waals surface area contributed by atoms with Crippen LogP contribution < -0.4 is 10.1 Å². The summed E-state index contributed by atoms with van der Waals surface area (Å²) in [4.78, 5) is 3.14. The van der Waals surface area contributed by atoms with Crippen molar-refractivity contribution in [3.63, 3.8) is 0 Å². The van der Waals surface area contributed by atoms with Crippen molar-refractivity contribution in [2.45, 2.75) is 52.5 Å². The molecule has 0 aliphatic carbocycles.